The molecule has 2 fully saturated rings. The molecule has 0 atom stereocenters. The molecule has 0 aromatic carbocycles. The SMILES string of the molecule is O=C(COC1CCNCC1)C1CC1. The highest BCUT2D eigenvalue weighted by Crippen LogP contribution is 2.29. The molecule has 1 saturated carbocycles. The molecule has 13 heavy (non-hydrogen) atoms. The molecule has 2 rings (SSSR count). The van der Waals surface area contributed by atoms with E-state index in [9.17, 15) is 4.79 Å². The standard InChI is InChI=1S/C10H17NO2/c12-10(8-1-2-8)7-13-9-3-5-11-6-4-9/h8-9,11H,1-7H2. The summed E-state index contributed by atoms with van der Waals surface area (Å²) in [4.78, 5) is 11.3. The van der Waals surface area contributed by atoms with Gasteiger partial charge in [0, 0.05) is 5.92 Å². The summed E-state index contributed by atoms with van der Waals surface area (Å²) in [6, 6.07) is 0. The molecule has 0 radical (unpaired) electrons. The van der Waals surface area contributed by atoms with Crippen LogP contribution in [0.25, 0.3) is 0 Å². The second-order valence-electron chi connectivity index (χ2n) is 4.00. The fraction of sp³-hybridized carbons (Fsp3) is 0.900. The molecule has 0 spiro atoms. The lowest BCUT2D eigenvalue weighted by Gasteiger charge is -2.22. The summed E-state index contributed by atoms with van der Waals surface area (Å²) in [7, 11) is 0. The Morgan fingerprint density at radius 3 is 2.54 bits per heavy atom. The Balaban J connectivity index is 1.62. The van der Waals surface area contributed by atoms with E-state index in [4.69, 9.17) is 4.74 Å². The van der Waals surface area contributed by atoms with Gasteiger partial charge in [0.05, 0.1) is 6.10 Å². The fourth-order valence-corrected chi connectivity index (χ4v) is 1.69. The first-order chi connectivity index (χ1) is 6.36. The molecule has 2 aliphatic rings. The van der Waals surface area contributed by atoms with Crippen molar-refractivity contribution >= 4 is 5.78 Å². The third-order valence-electron chi connectivity index (χ3n) is 2.78. The molecule has 3 heteroatoms. The van der Waals surface area contributed by atoms with E-state index in [1.807, 2.05) is 0 Å². The topological polar surface area (TPSA) is 38.3 Å². The maximum atomic E-state index is 11.3. The van der Waals surface area contributed by atoms with Crippen LogP contribution in [0, 0.1) is 5.92 Å². The van der Waals surface area contributed by atoms with Crippen LogP contribution in [0.15, 0.2) is 0 Å². The normalized spacial score (nSPS) is 24.6. The number of ether oxygens (including phenoxy) is 1. The monoisotopic (exact) mass is 183 g/mol. The third-order valence-corrected chi connectivity index (χ3v) is 2.78. The second kappa shape index (κ2) is 4.20. The number of hydrogen-bond donors (Lipinski definition) is 1. The lowest BCUT2D eigenvalue weighted by molar-refractivity contribution is -0.127. The van der Waals surface area contributed by atoms with E-state index in [2.05, 4.69) is 5.32 Å². The molecule has 0 aromatic heterocycles. The van der Waals surface area contributed by atoms with E-state index in [0.717, 1.165) is 38.8 Å². The number of piperidine rings is 1. The van der Waals surface area contributed by atoms with Crippen LogP contribution in [0.3, 0.4) is 0 Å². The highest BCUT2D eigenvalue weighted by molar-refractivity contribution is 5.84. The van der Waals surface area contributed by atoms with E-state index in [1.165, 1.54) is 0 Å². The largest absolute Gasteiger partial charge is 0.370 e. The van der Waals surface area contributed by atoms with E-state index in [-0.39, 0.29) is 0 Å². The summed E-state index contributed by atoms with van der Waals surface area (Å²) in [5, 5.41) is 3.27. The van der Waals surface area contributed by atoms with Crippen LogP contribution in [0.2, 0.25) is 0 Å². The van der Waals surface area contributed by atoms with E-state index in [1.54, 1.807) is 0 Å². The van der Waals surface area contributed by atoms with Crippen LogP contribution in [0.1, 0.15) is 25.7 Å². The summed E-state index contributed by atoms with van der Waals surface area (Å²) in [5.74, 6) is 0.667. The number of carbonyl (C=O) groups excluding carboxylic acids is 1. The van der Waals surface area contributed by atoms with Crippen molar-refractivity contribution in [3.63, 3.8) is 0 Å². The highest BCUT2D eigenvalue weighted by atomic mass is 16.5. The number of rotatable bonds is 4. The first-order valence-corrected chi connectivity index (χ1v) is 5.21. The van der Waals surface area contributed by atoms with Crippen LogP contribution in [0.4, 0.5) is 0 Å². The van der Waals surface area contributed by atoms with Crippen molar-refractivity contribution in [3.05, 3.63) is 0 Å². The number of ketones is 1. The quantitative estimate of drug-likeness (QED) is 0.698. The Morgan fingerprint density at radius 1 is 1.23 bits per heavy atom. The van der Waals surface area contributed by atoms with Crippen LogP contribution in [-0.2, 0) is 9.53 Å². The molecule has 0 aromatic rings. The van der Waals surface area contributed by atoms with Crippen LogP contribution < -0.4 is 5.32 Å². The van der Waals surface area contributed by atoms with Crippen molar-refractivity contribution in [2.75, 3.05) is 19.7 Å². The van der Waals surface area contributed by atoms with Gasteiger partial charge in [-0.15, -0.1) is 0 Å². The Hall–Kier alpha value is -0.410. The van der Waals surface area contributed by atoms with Crippen molar-refractivity contribution in [2.24, 2.45) is 5.92 Å². The van der Waals surface area contributed by atoms with Crippen LogP contribution in [0.5, 0.6) is 0 Å². The predicted molar refractivity (Wildman–Crippen MR) is 49.6 cm³/mol. The van der Waals surface area contributed by atoms with Crippen molar-refractivity contribution in [3.8, 4) is 0 Å². The minimum absolute atomic E-state index is 0.318. The second-order valence-corrected chi connectivity index (χ2v) is 4.00. The molecule has 1 saturated heterocycles. The van der Waals surface area contributed by atoms with E-state index >= 15 is 0 Å². The van der Waals surface area contributed by atoms with Gasteiger partial charge < -0.3 is 10.1 Å². The summed E-state index contributed by atoms with van der Waals surface area (Å²) < 4.78 is 5.56. The molecule has 1 aliphatic carbocycles. The van der Waals surface area contributed by atoms with Gasteiger partial charge in [-0.2, -0.15) is 0 Å². The lowest BCUT2D eigenvalue weighted by Crippen LogP contribution is -2.33. The lowest BCUT2D eigenvalue weighted by atomic mass is 10.1. The molecule has 74 valence electrons. The van der Waals surface area contributed by atoms with Gasteiger partial charge in [0.2, 0.25) is 0 Å². The van der Waals surface area contributed by atoms with Crippen molar-refractivity contribution in [1.29, 1.82) is 0 Å². The number of hydrogen-bond acceptors (Lipinski definition) is 3. The summed E-state index contributed by atoms with van der Waals surface area (Å²) in [6.45, 7) is 2.42. The minimum Gasteiger partial charge on any atom is -0.370 e. The van der Waals surface area contributed by atoms with Gasteiger partial charge in [-0.25, -0.2) is 0 Å². The summed E-state index contributed by atoms with van der Waals surface area (Å²) >= 11 is 0. The van der Waals surface area contributed by atoms with E-state index in [0.29, 0.717) is 24.4 Å². The molecule has 0 amide bonds. The molecule has 0 unspecified atom stereocenters. The molecule has 3 nitrogen and oxygen atoms in total. The van der Waals surface area contributed by atoms with Gasteiger partial charge in [-0.1, -0.05) is 0 Å². The Labute approximate surface area is 78.8 Å². The van der Waals surface area contributed by atoms with Crippen molar-refractivity contribution in [2.45, 2.75) is 31.8 Å². The molecular weight excluding hydrogens is 166 g/mol. The molecule has 0 bridgehead atoms. The van der Waals surface area contributed by atoms with Crippen molar-refractivity contribution in [1.82, 2.24) is 5.32 Å². The number of Topliss-reactive ketones (excluding diaryl/α,β-unsaturated/α-hetero) is 1. The maximum absolute atomic E-state index is 11.3. The van der Waals surface area contributed by atoms with Gasteiger partial charge >= 0.3 is 0 Å². The summed E-state index contributed by atoms with van der Waals surface area (Å²) in [6.07, 6.45) is 4.61. The van der Waals surface area contributed by atoms with Crippen LogP contribution >= 0.6 is 0 Å². The molecule has 1 aliphatic heterocycles. The van der Waals surface area contributed by atoms with Crippen LogP contribution in [-0.4, -0.2) is 31.6 Å². The summed E-state index contributed by atoms with van der Waals surface area (Å²) in [5.41, 5.74) is 0. The average Bonchev–Trinajstić information content (AvgIpc) is 2.99. The molecular formula is C10H17NO2. The first-order valence-electron chi connectivity index (χ1n) is 5.21. The smallest absolute Gasteiger partial charge is 0.161 e. The van der Waals surface area contributed by atoms with Gasteiger partial charge in [-0.3, -0.25) is 4.79 Å². The van der Waals surface area contributed by atoms with Crippen molar-refractivity contribution < 1.29 is 9.53 Å². The Morgan fingerprint density at radius 2 is 1.92 bits per heavy atom. The predicted octanol–water partition coefficient (Wildman–Crippen LogP) is 0.734. The minimum atomic E-state index is 0.318. The third kappa shape index (κ3) is 2.78. The highest BCUT2D eigenvalue weighted by Gasteiger charge is 2.29. The van der Waals surface area contributed by atoms with Gasteiger partial charge in [0.25, 0.3) is 0 Å². The number of carbonyl (C=O) groups is 1. The zero-order valence-corrected chi connectivity index (χ0v) is 7.92. The fourth-order valence-electron chi connectivity index (χ4n) is 1.69. The Bertz CT molecular complexity index is 183. The molecule has 1 N–H and O–H groups in total. The average molecular weight is 183 g/mol. The first kappa shape index (κ1) is 9.16. The number of nitrogens with one attached hydrogen (secondary N) is 1. The van der Waals surface area contributed by atoms with Gasteiger partial charge in [0.15, 0.2) is 5.78 Å². The zero-order valence-electron chi connectivity index (χ0n) is 7.92. The zero-order chi connectivity index (χ0) is 9.10. The maximum Gasteiger partial charge on any atom is 0.161 e. The van der Waals surface area contributed by atoms with E-state index < -0.39 is 0 Å². The van der Waals surface area contributed by atoms with Gasteiger partial charge in [-0.05, 0) is 38.8 Å². The molecule has 1 heterocycles. The Kier molecular flexibility index (Phi) is 2.96. The van der Waals surface area contributed by atoms with Gasteiger partial charge in [0.1, 0.15) is 6.61 Å².